The minimum Gasteiger partial charge on any atom is -0.351 e. The number of hydrogen-bond acceptors (Lipinski definition) is 3. The Bertz CT molecular complexity index is 679. The zero-order valence-electron chi connectivity index (χ0n) is 13.8. The molecule has 5 heteroatoms. The monoisotopic (exact) mass is 312 g/mol. The maximum atomic E-state index is 12.1. The van der Waals surface area contributed by atoms with E-state index in [1.54, 1.807) is 0 Å². The minimum absolute atomic E-state index is 0.0898. The molecule has 122 valence electrons. The third kappa shape index (κ3) is 3.99. The molecule has 1 aliphatic heterocycles. The maximum Gasteiger partial charge on any atom is 0.234 e. The molecular formula is C18H24N4O. The first-order chi connectivity index (χ1) is 11.1. The Kier molecular flexibility index (Phi) is 4.76. The summed E-state index contributed by atoms with van der Waals surface area (Å²) in [5, 5.41) is 3.01. The van der Waals surface area contributed by atoms with Crippen molar-refractivity contribution < 1.29 is 4.79 Å². The Labute approximate surface area is 137 Å². The van der Waals surface area contributed by atoms with Crippen LogP contribution in [0.5, 0.6) is 0 Å². The van der Waals surface area contributed by atoms with Gasteiger partial charge in [0.2, 0.25) is 5.91 Å². The summed E-state index contributed by atoms with van der Waals surface area (Å²) < 4.78 is 2.08. The van der Waals surface area contributed by atoms with E-state index in [0.717, 1.165) is 30.9 Å². The Balaban J connectivity index is 1.47. The van der Waals surface area contributed by atoms with Crippen LogP contribution >= 0.6 is 0 Å². The van der Waals surface area contributed by atoms with Crippen LogP contribution < -0.4 is 5.32 Å². The van der Waals surface area contributed by atoms with E-state index in [1.165, 1.54) is 5.56 Å². The van der Waals surface area contributed by atoms with Crippen molar-refractivity contribution >= 4 is 5.91 Å². The van der Waals surface area contributed by atoms with Crippen LogP contribution in [0.3, 0.4) is 0 Å². The smallest absolute Gasteiger partial charge is 0.234 e. The Morgan fingerprint density at radius 2 is 2.30 bits per heavy atom. The van der Waals surface area contributed by atoms with Gasteiger partial charge < -0.3 is 9.88 Å². The average molecular weight is 312 g/mol. The van der Waals surface area contributed by atoms with Crippen molar-refractivity contribution in [2.45, 2.75) is 25.8 Å². The van der Waals surface area contributed by atoms with Crippen molar-refractivity contribution in [3.63, 3.8) is 0 Å². The number of amides is 1. The minimum atomic E-state index is 0.0898. The highest BCUT2D eigenvalue weighted by Gasteiger charge is 2.27. The summed E-state index contributed by atoms with van der Waals surface area (Å²) in [6, 6.07) is 8.23. The highest BCUT2D eigenvalue weighted by atomic mass is 16.2. The fourth-order valence-electron chi connectivity index (χ4n) is 3.24. The number of hydrogen-bond donors (Lipinski definition) is 1. The second-order valence-electron chi connectivity index (χ2n) is 6.38. The van der Waals surface area contributed by atoms with Crippen LogP contribution in [0, 0.1) is 6.92 Å². The van der Waals surface area contributed by atoms with Crippen molar-refractivity contribution in [3.05, 3.63) is 53.6 Å². The number of imidazole rings is 1. The summed E-state index contributed by atoms with van der Waals surface area (Å²) in [6.45, 7) is 4.98. The van der Waals surface area contributed by atoms with Crippen LogP contribution in [0.15, 0.2) is 36.7 Å². The molecule has 1 atom stereocenters. The molecule has 23 heavy (non-hydrogen) atoms. The van der Waals surface area contributed by atoms with Crippen molar-refractivity contribution in [2.75, 3.05) is 19.6 Å². The van der Waals surface area contributed by atoms with E-state index in [2.05, 4.69) is 38.8 Å². The zero-order valence-corrected chi connectivity index (χ0v) is 13.8. The molecule has 2 heterocycles. The molecule has 0 unspecified atom stereocenters. The van der Waals surface area contributed by atoms with Gasteiger partial charge in [-0.25, -0.2) is 4.98 Å². The van der Waals surface area contributed by atoms with E-state index in [9.17, 15) is 4.79 Å². The first-order valence-corrected chi connectivity index (χ1v) is 8.13. The van der Waals surface area contributed by atoms with E-state index in [0.29, 0.717) is 19.0 Å². The predicted molar refractivity (Wildman–Crippen MR) is 90.0 cm³/mol. The lowest BCUT2D eigenvalue weighted by Gasteiger charge is -2.16. The first kappa shape index (κ1) is 15.7. The summed E-state index contributed by atoms with van der Waals surface area (Å²) in [7, 11) is 2.03. The number of aromatic nitrogens is 2. The molecule has 1 saturated heterocycles. The molecule has 1 fully saturated rings. The van der Waals surface area contributed by atoms with Gasteiger partial charge in [-0.1, -0.05) is 29.8 Å². The van der Waals surface area contributed by atoms with Crippen LogP contribution in [0.4, 0.5) is 0 Å². The second kappa shape index (κ2) is 6.96. The first-order valence-electron chi connectivity index (χ1n) is 8.13. The molecule has 0 saturated carbocycles. The van der Waals surface area contributed by atoms with Gasteiger partial charge in [-0.15, -0.1) is 0 Å². The predicted octanol–water partition coefficient (Wildman–Crippen LogP) is 1.83. The third-order valence-electron chi connectivity index (χ3n) is 4.44. The van der Waals surface area contributed by atoms with Crippen molar-refractivity contribution in [2.24, 2.45) is 7.05 Å². The van der Waals surface area contributed by atoms with Gasteiger partial charge >= 0.3 is 0 Å². The SMILES string of the molecule is Cc1cccc(CNC(=O)CN2CC[C@@H](c3nccn3C)C2)c1. The largest absolute Gasteiger partial charge is 0.351 e. The van der Waals surface area contributed by atoms with Gasteiger partial charge in [0, 0.05) is 38.4 Å². The summed E-state index contributed by atoms with van der Waals surface area (Å²) >= 11 is 0. The Hall–Kier alpha value is -2.14. The zero-order chi connectivity index (χ0) is 16.2. The number of carbonyl (C=O) groups is 1. The highest BCUT2D eigenvalue weighted by molar-refractivity contribution is 5.78. The van der Waals surface area contributed by atoms with Gasteiger partial charge in [0.15, 0.2) is 0 Å². The molecule has 0 spiro atoms. The van der Waals surface area contributed by atoms with Gasteiger partial charge in [0.25, 0.3) is 0 Å². The van der Waals surface area contributed by atoms with Gasteiger partial charge in [-0.3, -0.25) is 9.69 Å². The lowest BCUT2D eigenvalue weighted by molar-refractivity contribution is -0.122. The van der Waals surface area contributed by atoms with Crippen LogP contribution in [0.1, 0.15) is 29.3 Å². The Morgan fingerprint density at radius 1 is 1.43 bits per heavy atom. The van der Waals surface area contributed by atoms with E-state index < -0.39 is 0 Å². The van der Waals surface area contributed by atoms with Gasteiger partial charge in [0.05, 0.1) is 6.54 Å². The average Bonchev–Trinajstić information content (AvgIpc) is 3.14. The summed E-state index contributed by atoms with van der Waals surface area (Å²) in [6.07, 6.45) is 4.88. The van der Waals surface area contributed by atoms with Gasteiger partial charge in [-0.05, 0) is 25.5 Å². The third-order valence-corrected chi connectivity index (χ3v) is 4.44. The van der Waals surface area contributed by atoms with Crippen LogP contribution in [-0.4, -0.2) is 40.0 Å². The lowest BCUT2D eigenvalue weighted by atomic mass is 10.1. The van der Waals surface area contributed by atoms with Crippen LogP contribution in [-0.2, 0) is 18.4 Å². The van der Waals surface area contributed by atoms with Crippen molar-refractivity contribution in [1.82, 2.24) is 19.8 Å². The fourth-order valence-corrected chi connectivity index (χ4v) is 3.24. The second-order valence-corrected chi connectivity index (χ2v) is 6.38. The normalized spacial score (nSPS) is 18.3. The molecule has 1 amide bonds. The molecule has 0 radical (unpaired) electrons. The lowest BCUT2D eigenvalue weighted by Crippen LogP contribution is -2.35. The maximum absolute atomic E-state index is 12.1. The molecular weight excluding hydrogens is 288 g/mol. The molecule has 1 aromatic heterocycles. The van der Waals surface area contributed by atoms with Crippen molar-refractivity contribution in [3.8, 4) is 0 Å². The number of nitrogens with one attached hydrogen (secondary N) is 1. The molecule has 1 aliphatic rings. The van der Waals surface area contributed by atoms with E-state index in [4.69, 9.17) is 0 Å². The summed E-state index contributed by atoms with van der Waals surface area (Å²) in [5.41, 5.74) is 2.36. The fraction of sp³-hybridized carbons (Fsp3) is 0.444. The van der Waals surface area contributed by atoms with Crippen LogP contribution in [0.25, 0.3) is 0 Å². The molecule has 2 aromatic rings. The summed E-state index contributed by atoms with van der Waals surface area (Å²) in [5.74, 6) is 1.64. The Morgan fingerprint density at radius 3 is 3.04 bits per heavy atom. The van der Waals surface area contributed by atoms with Gasteiger partial charge in [0.1, 0.15) is 5.82 Å². The number of rotatable bonds is 5. The number of nitrogens with zero attached hydrogens (tertiary/aromatic N) is 3. The number of aryl methyl sites for hydroxylation is 2. The van der Waals surface area contributed by atoms with E-state index in [1.807, 2.05) is 31.6 Å². The molecule has 5 nitrogen and oxygen atoms in total. The number of benzene rings is 1. The topological polar surface area (TPSA) is 50.2 Å². The summed E-state index contributed by atoms with van der Waals surface area (Å²) in [4.78, 5) is 18.8. The molecule has 3 rings (SSSR count). The molecule has 0 aliphatic carbocycles. The molecule has 1 N–H and O–H groups in total. The van der Waals surface area contributed by atoms with Crippen LogP contribution in [0.2, 0.25) is 0 Å². The highest BCUT2D eigenvalue weighted by Crippen LogP contribution is 2.25. The molecule has 1 aromatic carbocycles. The number of carbonyl (C=O) groups excluding carboxylic acids is 1. The number of likely N-dealkylation sites (tertiary alicyclic amines) is 1. The van der Waals surface area contributed by atoms with Crippen molar-refractivity contribution in [1.29, 1.82) is 0 Å². The van der Waals surface area contributed by atoms with E-state index >= 15 is 0 Å². The van der Waals surface area contributed by atoms with E-state index in [-0.39, 0.29) is 5.91 Å². The molecule has 0 bridgehead atoms. The quantitative estimate of drug-likeness (QED) is 0.916. The standard InChI is InChI=1S/C18H24N4O/c1-14-4-3-5-15(10-14)11-20-17(23)13-22-8-6-16(12-22)18-19-7-9-21(18)2/h3-5,7,9-10,16H,6,8,11-13H2,1-2H3,(H,20,23)/t16-/m1/s1. The van der Waals surface area contributed by atoms with Gasteiger partial charge in [-0.2, -0.15) is 0 Å².